The fourth-order valence-electron chi connectivity index (χ4n) is 2.12. The molecular weight excluding hydrogens is 310 g/mol. The Morgan fingerprint density at radius 3 is 2.75 bits per heavy atom. The van der Waals surface area contributed by atoms with Crippen LogP contribution >= 0.6 is 0 Å². The van der Waals surface area contributed by atoms with E-state index in [9.17, 15) is 14.9 Å². The van der Waals surface area contributed by atoms with E-state index in [1.165, 1.54) is 13.0 Å². The van der Waals surface area contributed by atoms with Crippen molar-refractivity contribution >= 4 is 11.9 Å². The predicted octanol–water partition coefficient (Wildman–Crippen LogP) is 2.10. The number of hydrogen-bond donors (Lipinski definition) is 1. The molecule has 0 saturated heterocycles. The number of nitrogens with zero attached hydrogens (tertiary/aromatic N) is 2. The molecule has 1 amide bonds. The molecule has 0 aromatic carbocycles. The van der Waals surface area contributed by atoms with Gasteiger partial charge in [0.1, 0.15) is 23.0 Å². The molecule has 0 spiro atoms. The molecule has 0 aliphatic rings. The summed E-state index contributed by atoms with van der Waals surface area (Å²) in [6.07, 6.45) is 3.90. The summed E-state index contributed by atoms with van der Waals surface area (Å²) >= 11 is 0. The number of carbonyl (C=O) groups excluding carboxylic acids is 2. The number of aromatic nitrogens is 1. The Morgan fingerprint density at radius 2 is 2.17 bits per heavy atom. The van der Waals surface area contributed by atoms with Crippen molar-refractivity contribution in [3.05, 3.63) is 54.1 Å². The Bertz CT molecular complexity index is 797. The highest BCUT2D eigenvalue weighted by Gasteiger charge is 2.28. The molecule has 0 unspecified atom stereocenters. The Hall–Kier alpha value is -3.27. The zero-order valence-electron chi connectivity index (χ0n) is 13.4. The standard InChI is InChI=1S/C17H17N3O4/c1-4-7-19-15(21)12(3)24-17(22)14-11(2)23-16(13(14)10-18)20-8-5-6-9-20/h4-6,8-9,12H,1,7H2,2-3H3,(H,19,21)/t12-/m1/s1. The molecule has 2 heterocycles. The van der Waals surface area contributed by atoms with Crippen LogP contribution in [-0.2, 0) is 9.53 Å². The van der Waals surface area contributed by atoms with Gasteiger partial charge in [-0.1, -0.05) is 6.08 Å². The van der Waals surface area contributed by atoms with Gasteiger partial charge in [-0.2, -0.15) is 5.26 Å². The molecule has 2 rings (SSSR count). The first-order valence-electron chi connectivity index (χ1n) is 7.26. The van der Waals surface area contributed by atoms with E-state index in [2.05, 4.69) is 11.9 Å². The highest BCUT2D eigenvalue weighted by Crippen LogP contribution is 2.26. The van der Waals surface area contributed by atoms with Crippen molar-refractivity contribution in [3.8, 4) is 12.0 Å². The zero-order valence-corrected chi connectivity index (χ0v) is 13.4. The lowest BCUT2D eigenvalue weighted by Gasteiger charge is -2.12. The van der Waals surface area contributed by atoms with Gasteiger partial charge >= 0.3 is 5.97 Å². The van der Waals surface area contributed by atoms with Crippen LogP contribution in [0.25, 0.3) is 5.88 Å². The van der Waals surface area contributed by atoms with Gasteiger partial charge in [0.25, 0.3) is 5.91 Å². The molecule has 0 radical (unpaired) electrons. The lowest BCUT2D eigenvalue weighted by atomic mass is 10.1. The fraction of sp³-hybridized carbons (Fsp3) is 0.235. The van der Waals surface area contributed by atoms with Crippen LogP contribution < -0.4 is 5.32 Å². The quantitative estimate of drug-likeness (QED) is 0.647. The van der Waals surface area contributed by atoms with Crippen molar-refractivity contribution in [2.24, 2.45) is 0 Å². The van der Waals surface area contributed by atoms with Crippen molar-refractivity contribution in [1.82, 2.24) is 9.88 Å². The van der Waals surface area contributed by atoms with E-state index in [0.29, 0.717) is 0 Å². The maximum absolute atomic E-state index is 12.4. The Balaban J connectivity index is 2.26. The van der Waals surface area contributed by atoms with E-state index in [1.54, 1.807) is 36.0 Å². The number of ether oxygens (including phenoxy) is 1. The lowest BCUT2D eigenvalue weighted by Crippen LogP contribution is -2.36. The number of amides is 1. The first kappa shape index (κ1) is 17.1. The summed E-state index contributed by atoms with van der Waals surface area (Å²) in [5.74, 6) is -0.754. The lowest BCUT2D eigenvalue weighted by molar-refractivity contribution is -0.128. The third kappa shape index (κ3) is 3.38. The van der Waals surface area contributed by atoms with Crippen molar-refractivity contribution in [2.75, 3.05) is 6.54 Å². The second-order valence-electron chi connectivity index (χ2n) is 5.00. The third-order valence-electron chi connectivity index (χ3n) is 3.29. The number of furan rings is 1. The zero-order chi connectivity index (χ0) is 17.7. The molecule has 1 N–H and O–H groups in total. The number of hydrogen-bond acceptors (Lipinski definition) is 5. The number of carbonyl (C=O) groups is 2. The minimum absolute atomic E-state index is 0.0181. The van der Waals surface area contributed by atoms with Gasteiger partial charge in [0, 0.05) is 18.9 Å². The summed E-state index contributed by atoms with van der Waals surface area (Å²) in [6.45, 7) is 6.77. The van der Waals surface area contributed by atoms with Crippen LogP contribution in [0.1, 0.15) is 28.6 Å². The summed E-state index contributed by atoms with van der Waals surface area (Å²) in [6, 6.07) is 5.50. The molecular formula is C17H17N3O4. The van der Waals surface area contributed by atoms with Gasteiger partial charge in [-0.05, 0) is 26.0 Å². The smallest absolute Gasteiger partial charge is 0.343 e. The van der Waals surface area contributed by atoms with Gasteiger partial charge in [-0.25, -0.2) is 4.79 Å². The van der Waals surface area contributed by atoms with Crippen LogP contribution in [0.15, 0.2) is 41.6 Å². The molecule has 2 aromatic heterocycles. The maximum atomic E-state index is 12.4. The Labute approximate surface area is 139 Å². The van der Waals surface area contributed by atoms with Crippen LogP contribution in [0, 0.1) is 18.3 Å². The molecule has 0 fully saturated rings. The largest absolute Gasteiger partial charge is 0.449 e. The van der Waals surface area contributed by atoms with E-state index in [4.69, 9.17) is 9.15 Å². The molecule has 0 saturated carbocycles. The predicted molar refractivity (Wildman–Crippen MR) is 85.6 cm³/mol. The van der Waals surface area contributed by atoms with E-state index in [1.807, 2.05) is 6.07 Å². The first-order valence-corrected chi connectivity index (χ1v) is 7.26. The van der Waals surface area contributed by atoms with Gasteiger partial charge in [0.05, 0.1) is 0 Å². The van der Waals surface area contributed by atoms with E-state index < -0.39 is 18.0 Å². The van der Waals surface area contributed by atoms with Crippen molar-refractivity contribution in [3.63, 3.8) is 0 Å². The first-order chi connectivity index (χ1) is 11.5. The molecule has 2 aromatic rings. The summed E-state index contributed by atoms with van der Waals surface area (Å²) in [5.41, 5.74) is 0.0805. The van der Waals surface area contributed by atoms with E-state index in [-0.39, 0.29) is 29.3 Å². The molecule has 7 nitrogen and oxygen atoms in total. The third-order valence-corrected chi connectivity index (χ3v) is 3.29. The minimum Gasteiger partial charge on any atom is -0.449 e. The number of rotatable bonds is 6. The van der Waals surface area contributed by atoms with Crippen LogP contribution in [-0.4, -0.2) is 29.1 Å². The van der Waals surface area contributed by atoms with Crippen LogP contribution in [0.4, 0.5) is 0 Å². The van der Waals surface area contributed by atoms with Gasteiger partial charge in [-0.15, -0.1) is 6.58 Å². The van der Waals surface area contributed by atoms with Crippen molar-refractivity contribution in [2.45, 2.75) is 20.0 Å². The molecule has 7 heteroatoms. The highest BCUT2D eigenvalue weighted by atomic mass is 16.5. The van der Waals surface area contributed by atoms with Gasteiger partial charge < -0.3 is 14.5 Å². The monoisotopic (exact) mass is 327 g/mol. The normalized spacial score (nSPS) is 11.4. The molecule has 0 aliphatic heterocycles. The average Bonchev–Trinajstić information content (AvgIpc) is 3.19. The average molecular weight is 327 g/mol. The van der Waals surface area contributed by atoms with Crippen molar-refractivity contribution in [1.29, 1.82) is 5.26 Å². The number of nitrogens with one attached hydrogen (secondary N) is 1. The topological polar surface area (TPSA) is 97.3 Å². The second-order valence-corrected chi connectivity index (χ2v) is 5.00. The molecule has 0 bridgehead atoms. The van der Waals surface area contributed by atoms with Crippen molar-refractivity contribution < 1.29 is 18.7 Å². The van der Waals surface area contributed by atoms with Gasteiger partial charge in [-0.3, -0.25) is 9.36 Å². The molecule has 124 valence electrons. The van der Waals surface area contributed by atoms with E-state index >= 15 is 0 Å². The SMILES string of the molecule is C=CCNC(=O)[C@@H](C)OC(=O)c1c(C)oc(-n2cccc2)c1C#N. The minimum atomic E-state index is -1.01. The fourth-order valence-corrected chi connectivity index (χ4v) is 2.12. The number of nitriles is 1. The summed E-state index contributed by atoms with van der Waals surface area (Å²) in [4.78, 5) is 24.1. The Kier molecular flexibility index (Phi) is 5.22. The Morgan fingerprint density at radius 1 is 1.50 bits per heavy atom. The van der Waals surface area contributed by atoms with Crippen LogP contribution in [0.3, 0.4) is 0 Å². The van der Waals surface area contributed by atoms with Crippen LogP contribution in [0.2, 0.25) is 0 Å². The summed E-state index contributed by atoms with van der Waals surface area (Å²) in [7, 11) is 0. The summed E-state index contributed by atoms with van der Waals surface area (Å²) < 4.78 is 12.3. The van der Waals surface area contributed by atoms with Gasteiger partial charge in [0.2, 0.25) is 5.88 Å². The maximum Gasteiger partial charge on any atom is 0.343 e. The molecule has 24 heavy (non-hydrogen) atoms. The van der Waals surface area contributed by atoms with Crippen LogP contribution in [0.5, 0.6) is 0 Å². The number of esters is 1. The molecule has 1 atom stereocenters. The molecule has 0 aliphatic carbocycles. The van der Waals surface area contributed by atoms with Gasteiger partial charge in [0.15, 0.2) is 6.10 Å². The highest BCUT2D eigenvalue weighted by molar-refractivity contribution is 5.96. The second kappa shape index (κ2) is 7.33. The number of aryl methyl sites for hydroxylation is 1. The summed E-state index contributed by atoms with van der Waals surface area (Å²) in [5, 5.41) is 11.9. The van der Waals surface area contributed by atoms with E-state index in [0.717, 1.165) is 0 Å².